The van der Waals surface area contributed by atoms with Crippen LogP contribution in [0.2, 0.25) is 0 Å². The molecule has 0 spiro atoms. The van der Waals surface area contributed by atoms with Gasteiger partial charge < -0.3 is 0 Å². The van der Waals surface area contributed by atoms with Crippen LogP contribution in [0.4, 0.5) is 0 Å². The van der Waals surface area contributed by atoms with Crippen LogP contribution in [0.3, 0.4) is 0 Å². The Morgan fingerprint density at radius 1 is 0.323 bits per heavy atom. The zero-order chi connectivity index (χ0) is 41.0. The summed E-state index contributed by atoms with van der Waals surface area (Å²) in [6.45, 7) is 0. The van der Waals surface area contributed by atoms with Gasteiger partial charge in [0, 0.05) is 68.3 Å². The molecular weight excluding hydrogens is 791 g/mol. The third kappa shape index (κ3) is 6.29. The predicted octanol–water partition coefficient (Wildman–Crippen LogP) is 16.3. The molecule has 4 heterocycles. The molecule has 0 saturated heterocycles. The SMILES string of the molecule is c1ccc(-c2nc(-c3ccc(-c4ccc5c(c4)nc(-c4ccccc4)c4c(-c6ccccc6)sc(-c6ccccc6)c45)cc3)cc(-c3cccc4c3sc3ccccc34)n2)cc1. The van der Waals surface area contributed by atoms with Crippen molar-refractivity contribution in [2.24, 2.45) is 0 Å². The zero-order valence-electron chi connectivity index (χ0n) is 33.4. The molecule has 0 fully saturated rings. The van der Waals surface area contributed by atoms with E-state index in [1.165, 1.54) is 51.8 Å². The van der Waals surface area contributed by atoms with Gasteiger partial charge >= 0.3 is 0 Å². The second kappa shape index (κ2) is 15.2. The van der Waals surface area contributed by atoms with Gasteiger partial charge in [-0.25, -0.2) is 15.0 Å². The summed E-state index contributed by atoms with van der Waals surface area (Å²) in [5, 5.41) is 6.11. The summed E-state index contributed by atoms with van der Waals surface area (Å²) in [6.07, 6.45) is 0. The van der Waals surface area contributed by atoms with E-state index in [0.717, 1.165) is 61.4 Å². The molecule has 0 unspecified atom stereocenters. The lowest BCUT2D eigenvalue weighted by Gasteiger charge is -2.12. The van der Waals surface area contributed by atoms with Crippen molar-refractivity contribution in [2.45, 2.75) is 0 Å². The predicted molar refractivity (Wildman–Crippen MR) is 264 cm³/mol. The summed E-state index contributed by atoms with van der Waals surface area (Å²) in [7, 11) is 0. The lowest BCUT2D eigenvalue weighted by atomic mass is 9.95. The Bertz CT molecular complexity index is 3600. The van der Waals surface area contributed by atoms with Gasteiger partial charge in [0.15, 0.2) is 5.82 Å². The fourth-order valence-corrected chi connectivity index (χ4v) is 11.3. The number of fused-ring (bicyclic) bond motifs is 6. The van der Waals surface area contributed by atoms with E-state index in [1.54, 1.807) is 0 Å². The minimum absolute atomic E-state index is 0.708. The van der Waals surface area contributed by atoms with Gasteiger partial charge in [-0.15, -0.1) is 22.7 Å². The van der Waals surface area contributed by atoms with Crippen molar-refractivity contribution in [1.29, 1.82) is 0 Å². The van der Waals surface area contributed by atoms with Gasteiger partial charge in [-0.2, -0.15) is 0 Å². The van der Waals surface area contributed by atoms with Crippen molar-refractivity contribution in [2.75, 3.05) is 0 Å². The highest BCUT2D eigenvalue weighted by molar-refractivity contribution is 7.26. The van der Waals surface area contributed by atoms with Crippen LogP contribution in [-0.2, 0) is 0 Å². The Morgan fingerprint density at radius 3 is 1.60 bits per heavy atom. The minimum Gasteiger partial charge on any atom is -0.247 e. The normalized spacial score (nSPS) is 11.5. The molecule has 5 heteroatoms. The molecule has 0 saturated carbocycles. The maximum absolute atomic E-state index is 5.52. The van der Waals surface area contributed by atoms with Crippen molar-refractivity contribution < 1.29 is 0 Å². The average molecular weight is 826 g/mol. The Balaban J connectivity index is 0.999. The second-order valence-electron chi connectivity index (χ2n) is 15.5. The standard InChI is InChI=1S/C57H35N3S2/c1-5-16-38(17-6-1)53-52-51(54(39-18-7-2-8-19-39)62-55(52)40-20-9-3-10-21-40)45-33-32-42(34-48(45)58-53)36-28-30-37(31-29-36)47-35-49(60-57(59-47)41-22-11-4-12-23-41)46-26-15-25-44-43-24-13-14-27-50(43)61-56(44)46/h1-35H. The van der Waals surface area contributed by atoms with Gasteiger partial charge in [0.2, 0.25) is 0 Å². The molecule has 4 aromatic heterocycles. The van der Waals surface area contributed by atoms with Crippen molar-refractivity contribution in [3.63, 3.8) is 0 Å². The molecule has 0 aliphatic rings. The summed E-state index contributed by atoms with van der Waals surface area (Å²) in [5.41, 5.74) is 12.6. The number of thiophene rings is 2. The van der Waals surface area contributed by atoms with E-state index in [4.69, 9.17) is 15.0 Å². The maximum Gasteiger partial charge on any atom is 0.160 e. The number of hydrogen-bond donors (Lipinski definition) is 0. The smallest absolute Gasteiger partial charge is 0.160 e. The molecule has 12 aromatic rings. The number of pyridine rings is 1. The van der Waals surface area contributed by atoms with E-state index in [1.807, 2.05) is 40.9 Å². The zero-order valence-corrected chi connectivity index (χ0v) is 35.0. The van der Waals surface area contributed by atoms with Crippen LogP contribution in [0.5, 0.6) is 0 Å². The Hall–Kier alpha value is -7.57. The van der Waals surface area contributed by atoms with Crippen LogP contribution in [0.15, 0.2) is 212 Å². The summed E-state index contributed by atoms with van der Waals surface area (Å²) < 4.78 is 2.51. The molecule has 0 aliphatic carbocycles. The molecule has 3 nitrogen and oxygen atoms in total. The van der Waals surface area contributed by atoms with Crippen molar-refractivity contribution in [3.8, 4) is 77.2 Å². The van der Waals surface area contributed by atoms with Gasteiger partial charge in [-0.05, 0) is 40.5 Å². The summed E-state index contributed by atoms with van der Waals surface area (Å²) in [6, 6.07) is 75.3. The number of hydrogen-bond acceptors (Lipinski definition) is 5. The first-order chi connectivity index (χ1) is 30.7. The van der Waals surface area contributed by atoms with E-state index >= 15 is 0 Å². The molecule has 12 rings (SSSR count). The summed E-state index contributed by atoms with van der Waals surface area (Å²) in [4.78, 5) is 18.4. The molecule has 0 radical (unpaired) electrons. The average Bonchev–Trinajstić information content (AvgIpc) is 3.95. The van der Waals surface area contributed by atoms with Gasteiger partial charge in [0.1, 0.15) is 0 Å². The van der Waals surface area contributed by atoms with Crippen LogP contribution < -0.4 is 0 Å². The third-order valence-corrected chi connectivity index (χ3v) is 14.2. The van der Waals surface area contributed by atoms with E-state index < -0.39 is 0 Å². The molecular formula is C57H35N3S2. The number of rotatable bonds is 7. The van der Waals surface area contributed by atoms with Crippen LogP contribution >= 0.6 is 22.7 Å². The highest BCUT2D eigenvalue weighted by Gasteiger charge is 2.23. The third-order valence-electron chi connectivity index (χ3n) is 11.7. The molecule has 0 aliphatic heterocycles. The molecule has 0 amide bonds. The highest BCUT2D eigenvalue weighted by atomic mass is 32.1. The lowest BCUT2D eigenvalue weighted by Crippen LogP contribution is -1.96. The van der Waals surface area contributed by atoms with Crippen LogP contribution in [0.1, 0.15) is 0 Å². The number of benzene rings is 8. The Labute approximate surface area is 366 Å². The minimum atomic E-state index is 0.708. The maximum atomic E-state index is 5.52. The van der Waals surface area contributed by atoms with E-state index in [9.17, 15) is 0 Å². The van der Waals surface area contributed by atoms with Gasteiger partial charge in [-0.3, -0.25) is 0 Å². The van der Waals surface area contributed by atoms with Crippen molar-refractivity contribution >= 4 is 64.5 Å². The van der Waals surface area contributed by atoms with Crippen LogP contribution in [0.25, 0.3) is 119 Å². The first-order valence-electron chi connectivity index (χ1n) is 20.8. The first-order valence-corrected chi connectivity index (χ1v) is 22.4. The number of aromatic nitrogens is 3. The molecule has 8 aromatic carbocycles. The molecule has 0 atom stereocenters. The summed E-state index contributed by atoms with van der Waals surface area (Å²) >= 11 is 3.67. The van der Waals surface area contributed by atoms with Crippen LogP contribution in [-0.4, -0.2) is 15.0 Å². The van der Waals surface area contributed by atoms with Gasteiger partial charge in [0.25, 0.3) is 0 Å². The van der Waals surface area contributed by atoms with Crippen LogP contribution in [0, 0.1) is 0 Å². The molecule has 290 valence electrons. The molecule has 0 bridgehead atoms. The van der Waals surface area contributed by atoms with E-state index in [0.29, 0.717) is 5.82 Å². The van der Waals surface area contributed by atoms with E-state index in [-0.39, 0.29) is 0 Å². The lowest BCUT2D eigenvalue weighted by molar-refractivity contribution is 1.19. The fourth-order valence-electron chi connectivity index (χ4n) is 8.73. The molecule has 62 heavy (non-hydrogen) atoms. The highest BCUT2D eigenvalue weighted by Crippen LogP contribution is 2.50. The Kier molecular flexibility index (Phi) is 8.87. The fraction of sp³-hybridized carbons (Fsp3) is 0. The number of nitrogens with zero attached hydrogens (tertiary/aromatic N) is 3. The first kappa shape index (κ1) is 36.3. The van der Waals surface area contributed by atoms with Gasteiger partial charge in [-0.1, -0.05) is 194 Å². The Morgan fingerprint density at radius 2 is 0.887 bits per heavy atom. The molecule has 0 N–H and O–H groups in total. The monoisotopic (exact) mass is 825 g/mol. The quantitative estimate of drug-likeness (QED) is 0.161. The van der Waals surface area contributed by atoms with Crippen molar-refractivity contribution in [1.82, 2.24) is 15.0 Å². The van der Waals surface area contributed by atoms with E-state index in [2.05, 4.69) is 194 Å². The van der Waals surface area contributed by atoms with Gasteiger partial charge in [0.05, 0.1) is 22.6 Å². The van der Waals surface area contributed by atoms with Crippen molar-refractivity contribution in [3.05, 3.63) is 212 Å². The topological polar surface area (TPSA) is 38.7 Å². The second-order valence-corrected chi connectivity index (χ2v) is 17.6. The summed E-state index contributed by atoms with van der Waals surface area (Å²) in [5.74, 6) is 0.708. The largest absolute Gasteiger partial charge is 0.247 e.